The predicted molar refractivity (Wildman–Crippen MR) is 83.5 cm³/mol. The van der Waals surface area contributed by atoms with Crippen molar-refractivity contribution in [3.05, 3.63) is 29.3 Å². The van der Waals surface area contributed by atoms with E-state index in [0.29, 0.717) is 6.04 Å². The van der Waals surface area contributed by atoms with Crippen LogP contribution < -0.4 is 14.8 Å². The molecular weight excluding hydrogens is 250 g/mol. The highest BCUT2D eigenvalue weighted by molar-refractivity contribution is 5.58. The van der Waals surface area contributed by atoms with Crippen molar-refractivity contribution < 1.29 is 9.47 Å². The van der Waals surface area contributed by atoms with E-state index in [-0.39, 0.29) is 0 Å². The summed E-state index contributed by atoms with van der Waals surface area (Å²) in [4.78, 5) is 0. The Kier molecular flexibility index (Phi) is 5.48. The molecule has 3 nitrogen and oxygen atoms in total. The van der Waals surface area contributed by atoms with Crippen LogP contribution >= 0.6 is 0 Å². The van der Waals surface area contributed by atoms with E-state index in [1.54, 1.807) is 0 Å². The molecule has 0 aromatic heterocycles. The van der Waals surface area contributed by atoms with Crippen LogP contribution in [-0.4, -0.2) is 25.8 Å². The number of fused-ring (bicyclic) bond motifs is 1. The van der Waals surface area contributed by atoms with E-state index >= 15 is 0 Å². The molecule has 0 aliphatic carbocycles. The van der Waals surface area contributed by atoms with Crippen LogP contribution in [0.1, 0.15) is 39.2 Å². The maximum atomic E-state index is 5.73. The average molecular weight is 275 g/mol. The predicted octanol–water partition coefficient (Wildman–Crippen LogP) is 3.64. The van der Waals surface area contributed by atoms with Gasteiger partial charge >= 0.3 is 0 Å². The molecule has 0 radical (unpaired) electrons. The van der Waals surface area contributed by atoms with E-state index in [4.69, 9.17) is 9.47 Å². The first-order valence-corrected chi connectivity index (χ1v) is 7.51. The third-order valence-corrected chi connectivity index (χ3v) is 3.33. The van der Waals surface area contributed by atoms with Gasteiger partial charge in [-0.1, -0.05) is 38.5 Å². The molecule has 1 aromatic carbocycles. The van der Waals surface area contributed by atoms with Gasteiger partial charge in [0.25, 0.3) is 0 Å². The summed E-state index contributed by atoms with van der Waals surface area (Å²) in [5.41, 5.74) is 2.57. The van der Waals surface area contributed by atoms with Crippen LogP contribution in [0.4, 0.5) is 0 Å². The van der Waals surface area contributed by atoms with Crippen molar-refractivity contribution >= 4 is 6.08 Å². The molecule has 1 N–H and O–H groups in total. The fourth-order valence-corrected chi connectivity index (χ4v) is 2.12. The zero-order chi connectivity index (χ0) is 14.4. The molecule has 0 bridgehead atoms. The molecule has 1 heterocycles. The minimum absolute atomic E-state index is 0.508. The van der Waals surface area contributed by atoms with E-state index in [2.05, 4.69) is 44.3 Å². The van der Waals surface area contributed by atoms with Gasteiger partial charge in [-0.15, -0.1) is 0 Å². The Labute approximate surface area is 122 Å². The monoisotopic (exact) mass is 275 g/mol. The molecular formula is C17H25NO2. The molecule has 0 saturated heterocycles. The van der Waals surface area contributed by atoms with Gasteiger partial charge < -0.3 is 14.8 Å². The lowest BCUT2D eigenvalue weighted by molar-refractivity contribution is 0.297. The molecule has 1 aromatic rings. The SMILES string of the molecule is CCC(=Cc1ccc2c(c1)OCCCO2)CNC(C)C. The van der Waals surface area contributed by atoms with Gasteiger partial charge in [0.2, 0.25) is 0 Å². The van der Waals surface area contributed by atoms with Gasteiger partial charge in [-0.2, -0.15) is 0 Å². The summed E-state index contributed by atoms with van der Waals surface area (Å²) in [5.74, 6) is 1.72. The fraction of sp³-hybridized carbons (Fsp3) is 0.529. The second-order valence-corrected chi connectivity index (χ2v) is 5.45. The highest BCUT2D eigenvalue weighted by atomic mass is 16.5. The smallest absolute Gasteiger partial charge is 0.161 e. The lowest BCUT2D eigenvalue weighted by Gasteiger charge is -2.11. The number of benzene rings is 1. The summed E-state index contributed by atoms with van der Waals surface area (Å²) >= 11 is 0. The number of hydrogen-bond acceptors (Lipinski definition) is 3. The highest BCUT2D eigenvalue weighted by Gasteiger charge is 2.10. The lowest BCUT2D eigenvalue weighted by atomic mass is 10.1. The van der Waals surface area contributed by atoms with Crippen molar-refractivity contribution in [2.45, 2.75) is 39.7 Å². The van der Waals surface area contributed by atoms with Crippen LogP contribution in [0.2, 0.25) is 0 Å². The summed E-state index contributed by atoms with van der Waals surface area (Å²) in [5, 5.41) is 3.46. The number of ether oxygens (including phenoxy) is 2. The van der Waals surface area contributed by atoms with E-state index in [1.807, 2.05) is 6.07 Å². The quantitative estimate of drug-likeness (QED) is 0.890. The summed E-state index contributed by atoms with van der Waals surface area (Å²) in [7, 11) is 0. The van der Waals surface area contributed by atoms with Crippen molar-refractivity contribution in [3.63, 3.8) is 0 Å². The van der Waals surface area contributed by atoms with Crippen LogP contribution in [-0.2, 0) is 0 Å². The van der Waals surface area contributed by atoms with Crippen molar-refractivity contribution in [2.24, 2.45) is 0 Å². The maximum absolute atomic E-state index is 5.73. The third kappa shape index (κ3) is 4.27. The van der Waals surface area contributed by atoms with Gasteiger partial charge in [-0.3, -0.25) is 0 Å². The maximum Gasteiger partial charge on any atom is 0.161 e. The summed E-state index contributed by atoms with van der Waals surface area (Å²) < 4.78 is 11.4. The third-order valence-electron chi connectivity index (χ3n) is 3.33. The van der Waals surface area contributed by atoms with Crippen LogP contribution in [0.15, 0.2) is 23.8 Å². The minimum Gasteiger partial charge on any atom is -0.490 e. The fourth-order valence-electron chi connectivity index (χ4n) is 2.12. The molecule has 0 atom stereocenters. The first-order chi connectivity index (χ1) is 9.69. The molecule has 110 valence electrons. The second-order valence-electron chi connectivity index (χ2n) is 5.45. The van der Waals surface area contributed by atoms with Gasteiger partial charge in [0.15, 0.2) is 11.5 Å². The second kappa shape index (κ2) is 7.34. The van der Waals surface area contributed by atoms with Gasteiger partial charge in [0.1, 0.15) is 0 Å². The van der Waals surface area contributed by atoms with E-state index < -0.39 is 0 Å². The van der Waals surface area contributed by atoms with E-state index in [9.17, 15) is 0 Å². The van der Waals surface area contributed by atoms with Gasteiger partial charge in [0, 0.05) is 19.0 Å². The normalized spacial score (nSPS) is 15.3. The van der Waals surface area contributed by atoms with Crippen molar-refractivity contribution in [2.75, 3.05) is 19.8 Å². The van der Waals surface area contributed by atoms with Crippen molar-refractivity contribution in [3.8, 4) is 11.5 Å². The van der Waals surface area contributed by atoms with Crippen LogP contribution in [0.3, 0.4) is 0 Å². The van der Waals surface area contributed by atoms with Crippen LogP contribution in [0.5, 0.6) is 11.5 Å². The Balaban J connectivity index is 2.13. The minimum atomic E-state index is 0.508. The summed E-state index contributed by atoms with van der Waals surface area (Å²) in [6.45, 7) is 8.93. The van der Waals surface area contributed by atoms with Gasteiger partial charge in [0.05, 0.1) is 13.2 Å². The molecule has 3 heteroatoms. The van der Waals surface area contributed by atoms with Gasteiger partial charge in [-0.25, -0.2) is 0 Å². The Morgan fingerprint density at radius 2 is 2.00 bits per heavy atom. The Morgan fingerprint density at radius 1 is 1.25 bits per heavy atom. The molecule has 0 spiro atoms. The van der Waals surface area contributed by atoms with Crippen molar-refractivity contribution in [1.82, 2.24) is 5.32 Å². The Morgan fingerprint density at radius 3 is 2.70 bits per heavy atom. The average Bonchev–Trinajstić information content (AvgIpc) is 2.67. The van der Waals surface area contributed by atoms with E-state index in [0.717, 1.165) is 44.1 Å². The van der Waals surface area contributed by atoms with E-state index in [1.165, 1.54) is 11.1 Å². The van der Waals surface area contributed by atoms with Crippen LogP contribution in [0.25, 0.3) is 6.08 Å². The molecule has 0 fully saturated rings. The lowest BCUT2D eigenvalue weighted by Crippen LogP contribution is -2.24. The highest BCUT2D eigenvalue weighted by Crippen LogP contribution is 2.31. The van der Waals surface area contributed by atoms with Gasteiger partial charge in [-0.05, 0) is 24.1 Å². The molecule has 2 rings (SSSR count). The zero-order valence-electron chi connectivity index (χ0n) is 12.7. The standard InChI is InChI=1S/C17H25NO2/c1-4-14(12-18-13(2)3)10-15-6-7-16-17(11-15)20-9-5-8-19-16/h6-7,10-11,13,18H,4-5,8-9,12H2,1-3H3. The molecule has 1 aliphatic rings. The first kappa shape index (κ1) is 14.9. The van der Waals surface area contributed by atoms with Crippen molar-refractivity contribution in [1.29, 1.82) is 0 Å². The molecule has 0 unspecified atom stereocenters. The largest absolute Gasteiger partial charge is 0.490 e. The molecule has 0 saturated carbocycles. The molecule has 0 amide bonds. The van der Waals surface area contributed by atoms with Crippen LogP contribution in [0, 0.1) is 0 Å². The first-order valence-electron chi connectivity index (χ1n) is 7.51. The zero-order valence-corrected chi connectivity index (χ0v) is 12.7. The topological polar surface area (TPSA) is 30.5 Å². The Bertz CT molecular complexity index is 466. The number of rotatable bonds is 5. The number of hydrogen-bond donors (Lipinski definition) is 1. The summed E-state index contributed by atoms with van der Waals surface area (Å²) in [6, 6.07) is 6.69. The Hall–Kier alpha value is -1.48. The molecule has 1 aliphatic heterocycles. The number of nitrogens with one attached hydrogen (secondary N) is 1. The molecule has 20 heavy (non-hydrogen) atoms. The summed E-state index contributed by atoms with van der Waals surface area (Å²) in [6.07, 6.45) is 4.23.